The van der Waals surface area contributed by atoms with Gasteiger partial charge in [-0.1, -0.05) is 19.3 Å². The van der Waals surface area contributed by atoms with E-state index in [1.807, 2.05) is 4.90 Å². The molecule has 1 atom stereocenters. The van der Waals surface area contributed by atoms with Crippen LogP contribution in [0.4, 0.5) is 10.1 Å². The molecule has 0 bridgehead atoms. The molecule has 0 radical (unpaired) electrons. The first-order chi connectivity index (χ1) is 16.3. The number of hydrogen-bond donors (Lipinski definition) is 1. The summed E-state index contributed by atoms with van der Waals surface area (Å²) in [6.07, 6.45) is 4.84. The molecule has 7 nitrogen and oxygen atoms in total. The fourth-order valence-electron chi connectivity index (χ4n) is 4.50. The number of hydrogen-bond acceptors (Lipinski definition) is 5. The maximum absolute atomic E-state index is 13.2. The number of carbonyl (C=O) groups is 1. The largest absolute Gasteiger partial charge is 0.481 e. The molecule has 34 heavy (non-hydrogen) atoms. The topological polar surface area (TPSA) is 79.0 Å². The van der Waals surface area contributed by atoms with Crippen molar-refractivity contribution in [3.8, 4) is 5.75 Å². The van der Waals surface area contributed by atoms with Crippen LogP contribution in [0, 0.1) is 5.82 Å². The Labute approximate surface area is 200 Å². The lowest BCUT2D eigenvalue weighted by molar-refractivity contribution is -0.128. The van der Waals surface area contributed by atoms with E-state index in [1.165, 1.54) is 35.0 Å². The zero-order valence-corrected chi connectivity index (χ0v) is 20.3. The minimum atomic E-state index is -3.64. The van der Waals surface area contributed by atoms with E-state index < -0.39 is 16.1 Å². The molecule has 4 rings (SSSR count). The van der Waals surface area contributed by atoms with Gasteiger partial charge in [-0.25, -0.2) is 12.8 Å². The van der Waals surface area contributed by atoms with E-state index in [2.05, 4.69) is 5.32 Å². The van der Waals surface area contributed by atoms with Crippen LogP contribution >= 0.6 is 0 Å². The SMILES string of the molecule is C[C@@H](Oc1ccc(S(=O)(=O)N2CCN(c3ccc(F)cc3)CC2)cc1)C(=O)NC1CCCCC1. The molecule has 1 aliphatic carbocycles. The molecular weight excluding hydrogens is 457 g/mol. The molecule has 1 saturated carbocycles. The summed E-state index contributed by atoms with van der Waals surface area (Å²) in [4.78, 5) is 14.7. The minimum absolute atomic E-state index is 0.150. The van der Waals surface area contributed by atoms with E-state index in [4.69, 9.17) is 4.74 Å². The van der Waals surface area contributed by atoms with E-state index in [0.717, 1.165) is 31.4 Å². The van der Waals surface area contributed by atoms with Crippen LogP contribution in [0.3, 0.4) is 0 Å². The van der Waals surface area contributed by atoms with E-state index >= 15 is 0 Å². The van der Waals surface area contributed by atoms with Crippen molar-refractivity contribution in [2.45, 2.75) is 56.1 Å². The van der Waals surface area contributed by atoms with Gasteiger partial charge in [0.05, 0.1) is 4.90 Å². The molecule has 2 aromatic carbocycles. The summed E-state index contributed by atoms with van der Waals surface area (Å²) in [7, 11) is -3.64. The molecule has 1 amide bonds. The van der Waals surface area contributed by atoms with Gasteiger partial charge >= 0.3 is 0 Å². The number of nitrogens with one attached hydrogen (secondary N) is 1. The van der Waals surface area contributed by atoms with Crippen LogP contribution in [0.25, 0.3) is 0 Å². The summed E-state index contributed by atoms with van der Waals surface area (Å²) in [5.74, 6) is 0.00521. The summed E-state index contributed by atoms with van der Waals surface area (Å²) >= 11 is 0. The first-order valence-corrected chi connectivity index (χ1v) is 13.3. The average molecular weight is 490 g/mol. The van der Waals surface area contributed by atoms with Gasteiger partial charge in [-0.2, -0.15) is 4.31 Å². The molecule has 1 heterocycles. The highest BCUT2D eigenvalue weighted by Crippen LogP contribution is 2.24. The zero-order chi connectivity index (χ0) is 24.1. The molecule has 2 fully saturated rings. The summed E-state index contributed by atoms with van der Waals surface area (Å²) in [5, 5.41) is 3.05. The summed E-state index contributed by atoms with van der Waals surface area (Å²) in [6, 6.07) is 12.6. The van der Waals surface area contributed by atoms with Gasteiger partial charge in [0.1, 0.15) is 11.6 Å². The molecule has 0 aromatic heterocycles. The fourth-order valence-corrected chi connectivity index (χ4v) is 5.92. The average Bonchev–Trinajstić information content (AvgIpc) is 2.85. The van der Waals surface area contributed by atoms with Gasteiger partial charge in [-0.15, -0.1) is 0 Å². The molecule has 184 valence electrons. The normalized spacial score (nSPS) is 18.9. The third-order valence-corrected chi connectivity index (χ3v) is 8.44. The van der Waals surface area contributed by atoms with Crippen LogP contribution in [-0.2, 0) is 14.8 Å². The quantitative estimate of drug-likeness (QED) is 0.644. The number of benzene rings is 2. The predicted molar refractivity (Wildman–Crippen MR) is 129 cm³/mol. The van der Waals surface area contributed by atoms with Gasteiger partial charge in [0, 0.05) is 37.9 Å². The summed E-state index contributed by atoms with van der Waals surface area (Å²) in [6.45, 7) is 3.44. The summed E-state index contributed by atoms with van der Waals surface area (Å²) in [5.41, 5.74) is 0.876. The molecule has 9 heteroatoms. The third-order valence-electron chi connectivity index (χ3n) is 6.53. The lowest BCUT2D eigenvalue weighted by Gasteiger charge is -2.35. The lowest BCUT2D eigenvalue weighted by Crippen LogP contribution is -2.48. The Morgan fingerprint density at radius 2 is 1.59 bits per heavy atom. The van der Waals surface area contributed by atoms with Crippen molar-refractivity contribution in [2.24, 2.45) is 0 Å². The molecule has 0 spiro atoms. The molecule has 2 aliphatic rings. The Balaban J connectivity index is 1.31. The number of amides is 1. The maximum Gasteiger partial charge on any atom is 0.260 e. The van der Waals surface area contributed by atoms with Crippen LogP contribution in [0.15, 0.2) is 53.4 Å². The van der Waals surface area contributed by atoms with Crippen molar-refractivity contribution < 1.29 is 22.3 Å². The van der Waals surface area contributed by atoms with Crippen LogP contribution in [-0.4, -0.2) is 57.0 Å². The van der Waals surface area contributed by atoms with Gasteiger partial charge in [0.2, 0.25) is 10.0 Å². The van der Waals surface area contributed by atoms with Crippen molar-refractivity contribution in [3.63, 3.8) is 0 Å². The molecule has 1 N–H and O–H groups in total. The first kappa shape index (κ1) is 24.5. The number of carbonyl (C=O) groups excluding carboxylic acids is 1. The molecule has 2 aromatic rings. The number of piperazine rings is 1. The second-order valence-corrected chi connectivity index (χ2v) is 10.9. The van der Waals surface area contributed by atoms with Crippen LogP contribution in [0.1, 0.15) is 39.0 Å². The van der Waals surface area contributed by atoms with E-state index in [1.54, 1.807) is 31.2 Å². The van der Waals surface area contributed by atoms with E-state index in [0.29, 0.717) is 31.9 Å². The lowest BCUT2D eigenvalue weighted by atomic mass is 9.95. The van der Waals surface area contributed by atoms with Gasteiger partial charge in [0.15, 0.2) is 6.10 Å². The number of ether oxygens (including phenoxy) is 1. The fraction of sp³-hybridized carbons (Fsp3) is 0.480. The highest BCUT2D eigenvalue weighted by Gasteiger charge is 2.29. The van der Waals surface area contributed by atoms with Crippen molar-refractivity contribution in [3.05, 3.63) is 54.3 Å². The van der Waals surface area contributed by atoms with Crippen LogP contribution < -0.4 is 15.0 Å². The number of anilines is 1. The van der Waals surface area contributed by atoms with Gasteiger partial charge in [-0.05, 0) is 68.3 Å². The Morgan fingerprint density at radius 1 is 0.971 bits per heavy atom. The standard InChI is InChI=1S/C25H32FN3O4S/c1-19(25(30)27-21-5-3-2-4-6-21)33-23-11-13-24(14-12-23)34(31,32)29-17-15-28(16-18-29)22-9-7-20(26)8-10-22/h7-14,19,21H,2-6,15-18H2,1H3,(H,27,30)/t19-/m1/s1. The maximum atomic E-state index is 13.2. The minimum Gasteiger partial charge on any atom is -0.481 e. The van der Waals surface area contributed by atoms with Crippen molar-refractivity contribution in [1.29, 1.82) is 0 Å². The molecular formula is C25H32FN3O4S. The Morgan fingerprint density at radius 3 is 2.21 bits per heavy atom. The Kier molecular flexibility index (Phi) is 7.73. The zero-order valence-electron chi connectivity index (χ0n) is 19.5. The van der Waals surface area contributed by atoms with Crippen LogP contribution in [0.2, 0.25) is 0 Å². The number of halogens is 1. The number of rotatable bonds is 7. The number of nitrogens with zero attached hydrogens (tertiary/aromatic N) is 2. The van der Waals surface area contributed by atoms with E-state index in [-0.39, 0.29) is 22.7 Å². The predicted octanol–water partition coefficient (Wildman–Crippen LogP) is 3.55. The molecule has 1 saturated heterocycles. The van der Waals surface area contributed by atoms with Gasteiger partial charge in [-0.3, -0.25) is 4.79 Å². The first-order valence-electron chi connectivity index (χ1n) is 11.9. The van der Waals surface area contributed by atoms with Gasteiger partial charge < -0.3 is 15.0 Å². The second kappa shape index (κ2) is 10.7. The Bertz CT molecular complexity index is 1060. The van der Waals surface area contributed by atoms with Crippen molar-refractivity contribution >= 4 is 21.6 Å². The summed E-state index contributed by atoms with van der Waals surface area (Å²) < 4.78 is 46.6. The monoisotopic (exact) mass is 489 g/mol. The van der Waals surface area contributed by atoms with Crippen LogP contribution in [0.5, 0.6) is 5.75 Å². The number of sulfonamides is 1. The third kappa shape index (κ3) is 5.88. The van der Waals surface area contributed by atoms with E-state index in [9.17, 15) is 17.6 Å². The highest BCUT2D eigenvalue weighted by molar-refractivity contribution is 7.89. The smallest absolute Gasteiger partial charge is 0.260 e. The van der Waals surface area contributed by atoms with Crippen molar-refractivity contribution in [1.82, 2.24) is 9.62 Å². The van der Waals surface area contributed by atoms with Gasteiger partial charge in [0.25, 0.3) is 5.91 Å². The highest BCUT2D eigenvalue weighted by atomic mass is 32.2. The Hall–Kier alpha value is -2.65. The molecule has 1 aliphatic heterocycles. The van der Waals surface area contributed by atoms with Crippen molar-refractivity contribution in [2.75, 3.05) is 31.1 Å². The molecule has 0 unspecified atom stereocenters. The second-order valence-electron chi connectivity index (χ2n) is 8.94.